The molecule has 0 spiro atoms. The molecule has 0 saturated carbocycles. The fourth-order valence-corrected chi connectivity index (χ4v) is 4.28. The van der Waals surface area contributed by atoms with Gasteiger partial charge in [0.05, 0.1) is 17.8 Å². The molecule has 1 aromatic heterocycles. The van der Waals surface area contributed by atoms with Crippen molar-refractivity contribution in [3.05, 3.63) is 86.8 Å². The number of hydrogen-bond acceptors (Lipinski definition) is 4. The predicted molar refractivity (Wildman–Crippen MR) is 124 cm³/mol. The molecule has 1 aliphatic heterocycles. The van der Waals surface area contributed by atoms with Gasteiger partial charge in [-0.2, -0.15) is 0 Å². The van der Waals surface area contributed by atoms with E-state index in [1.54, 1.807) is 41.3 Å². The first-order valence-electron chi connectivity index (χ1n) is 10.9. The number of aliphatic hydroxyl groups is 1. The van der Waals surface area contributed by atoms with Gasteiger partial charge in [0.1, 0.15) is 5.82 Å². The summed E-state index contributed by atoms with van der Waals surface area (Å²) in [6.45, 7) is 2.66. The topological polar surface area (TPSA) is 86.3 Å². The lowest BCUT2D eigenvalue weighted by molar-refractivity contribution is -0.142. The maximum atomic E-state index is 13.1. The Labute approximate surface area is 191 Å². The summed E-state index contributed by atoms with van der Waals surface area (Å²) in [6.07, 6.45) is 1.51. The normalized spacial score (nSPS) is 16.5. The van der Waals surface area contributed by atoms with Crippen LogP contribution < -0.4 is 5.56 Å². The summed E-state index contributed by atoms with van der Waals surface area (Å²) in [5, 5.41) is 11.2. The molecule has 2 atom stereocenters. The van der Waals surface area contributed by atoms with Gasteiger partial charge in [-0.15, -0.1) is 0 Å². The van der Waals surface area contributed by atoms with Crippen molar-refractivity contribution < 1.29 is 9.90 Å². The number of halogens is 1. The standard InChI is InChI=1S/C25H26ClN3O3/c1-2-3-7-18-14-29(25(32)22(30)16-8-5-4-6-9-16)15-20-21(18)27-23(28-24(20)31)17-10-12-19(26)13-11-17/h4-6,8-13,18,22,30H,2-3,7,14-15H2,1H3,(H,27,28,31)/t18?,22-/m0/s1. The molecule has 32 heavy (non-hydrogen) atoms. The first-order chi connectivity index (χ1) is 15.5. The van der Waals surface area contributed by atoms with E-state index >= 15 is 0 Å². The van der Waals surface area contributed by atoms with Crippen molar-refractivity contribution in [2.24, 2.45) is 0 Å². The molecule has 2 N–H and O–H groups in total. The number of unbranched alkanes of at least 4 members (excludes halogenated alkanes) is 1. The molecule has 7 heteroatoms. The van der Waals surface area contributed by atoms with Crippen LogP contribution in [0.5, 0.6) is 0 Å². The van der Waals surface area contributed by atoms with E-state index in [2.05, 4.69) is 11.9 Å². The summed E-state index contributed by atoms with van der Waals surface area (Å²) in [6, 6.07) is 16.0. The Kier molecular flexibility index (Phi) is 6.72. The highest BCUT2D eigenvalue weighted by Crippen LogP contribution is 2.32. The maximum Gasteiger partial charge on any atom is 0.256 e. The van der Waals surface area contributed by atoms with E-state index in [-0.39, 0.29) is 18.0 Å². The van der Waals surface area contributed by atoms with Crippen molar-refractivity contribution >= 4 is 17.5 Å². The summed E-state index contributed by atoms with van der Waals surface area (Å²) in [5.74, 6) is 0.0273. The third-order valence-corrected chi connectivity index (χ3v) is 6.16. The molecule has 0 saturated heterocycles. The zero-order valence-corrected chi connectivity index (χ0v) is 18.7. The summed E-state index contributed by atoms with van der Waals surface area (Å²) in [7, 11) is 0. The molecule has 0 fully saturated rings. The molecular formula is C25H26ClN3O3. The Morgan fingerprint density at radius 2 is 1.94 bits per heavy atom. The Balaban J connectivity index is 1.68. The average molecular weight is 452 g/mol. The fourth-order valence-electron chi connectivity index (χ4n) is 4.16. The maximum absolute atomic E-state index is 13.1. The second-order valence-corrected chi connectivity index (χ2v) is 8.59. The number of aromatic nitrogens is 2. The van der Waals surface area contributed by atoms with Crippen molar-refractivity contribution in [2.45, 2.75) is 44.8 Å². The molecule has 0 bridgehead atoms. The minimum absolute atomic E-state index is 0.0704. The number of amides is 1. The van der Waals surface area contributed by atoms with E-state index in [1.165, 1.54) is 0 Å². The highest BCUT2D eigenvalue weighted by molar-refractivity contribution is 6.30. The molecule has 1 amide bonds. The Morgan fingerprint density at radius 1 is 1.22 bits per heavy atom. The van der Waals surface area contributed by atoms with Crippen molar-refractivity contribution in [3.63, 3.8) is 0 Å². The van der Waals surface area contributed by atoms with Crippen LogP contribution in [0.1, 0.15) is 55.0 Å². The number of aliphatic hydroxyl groups excluding tert-OH is 1. The van der Waals surface area contributed by atoms with E-state index in [9.17, 15) is 14.7 Å². The number of nitrogens with one attached hydrogen (secondary N) is 1. The zero-order chi connectivity index (χ0) is 22.7. The van der Waals surface area contributed by atoms with Gasteiger partial charge in [0, 0.05) is 23.0 Å². The highest BCUT2D eigenvalue weighted by Gasteiger charge is 2.34. The fraction of sp³-hybridized carbons (Fsp3) is 0.320. The van der Waals surface area contributed by atoms with Crippen LogP contribution in [0.15, 0.2) is 59.4 Å². The van der Waals surface area contributed by atoms with Crippen molar-refractivity contribution in [1.29, 1.82) is 0 Å². The van der Waals surface area contributed by atoms with Gasteiger partial charge in [-0.3, -0.25) is 9.59 Å². The smallest absolute Gasteiger partial charge is 0.256 e. The van der Waals surface area contributed by atoms with Crippen molar-refractivity contribution in [2.75, 3.05) is 6.54 Å². The van der Waals surface area contributed by atoms with Gasteiger partial charge < -0.3 is 15.0 Å². The van der Waals surface area contributed by atoms with E-state index in [0.29, 0.717) is 28.5 Å². The van der Waals surface area contributed by atoms with Crippen molar-refractivity contribution in [3.8, 4) is 11.4 Å². The lowest BCUT2D eigenvalue weighted by Crippen LogP contribution is -2.43. The quantitative estimate of drug-likeness (QED) is 0.580. The second-order valence-electron chi connectivity index (χ2n) is 8.16. The first kappa shape index (κ1) is 22.2. The van der Waals surface area contributed by atoms with Crippen LogP contribution in [0.25, 0.3) is 11.4 Å². The number of nitrogens with zero attached hydrogens (tertiary/aromatic N) is 2. The van der Waals surface area contributed by atoms with Gasteiger partial charge in [0.2, 0.25) is 0 Å². The molecule has 3 aromatic rings. The summed E-state index contributed by atoms with van der Waals surface area (Å²) in [5.41, 5.74) is 2.29. The average Bonchev–Trinajstić information content (AvgIpc) is 2.82. The molecule has 0 radical (unpaired) electrons. The lowest BCUT2D eigenvalue weighted by atomic mass is 9.90. The summed E-state index contributed by atoms with van der Waals surface area (Å²) in [4.78, 5) is 35.4. The number of carbonyl (C=O) groups is 1. The van der Waals surface area contributed by atoms with Gasteiger partial charge in [-0.1, -0.05) is 61.7 Å². The van der Waals surface area contributed by atoms with Gasteiger partial charge in [-0.25, -0.2) is 4.98 Å². The molecule has 166 valence electrons. The number of H-pyrrole nitrogens is 1. The summed E-state index contributed by atoms with van der Waals surface area (Å²) >= 11 is 5.99. The van der Waals surface area contributed by atoms with Gasteiger partial charge in [0.25, 0.3) is 11.5 Å². The molecular weight excluding hydrogens is 426 g/mol. The van der Waals surface area contributed by atoms with E-state index < -0.39 is 12.0 Å². The van der Waals surface area contributed by atoms with Crippen LogP contribution in [-0.4, -0.2) is 32.4 Å². The number of benzene rings is 2. The molecule has 4 rings (SSSR count). The molecule has 6 nitrogen and oxygen atoms in total. The number of aromatic amines is 1. The largest absolute Gasteiger partial charge is 0.378 e. The SMILES string of the molecule is CCCCC1CN(C(=O)[C@@H](O)c2ccccc2)Cc2c1nc(-c1ccc(Cl)cc1)[nH]c2=O. The third-order valence-electron chi connectivity index (χ3n) is 5.91. The minimum atomic E-state index is -1.26. The molecule has 0 aliphatic carbocycles. The molecule has 2 heterocycles. The number of hydrogen-bond donors (Lipinski definition) is 2. The molecule has 1 unspecified atom stereocenters. The van der Waals surface area contributed by atoms with Crippen molar-refractivity contribution in [1.82, 2.24) is 14.9 Å². The van der Waals surface area contributed by atoms with Gasteiger partial charge in [0.15, 0.2) is 6.10 Å². The predicted octanol–water partition coefficient (Wildman–Crippen LogP) is 4.44. The second kappa shape index (κ2) is 9.67. The lowest BCUT2D eigenvalue weighted by Gasteiger charge is -2.34. The molecule has 2 aromatic carbocycles. The summed E-state index contributed by atoms with van der Waals surface area (Å²) < 4.78 is 0. The van der Waals surface area contributed by atoms with Crippen LogP contribution in [-0.2, 0) is 11.3 Å². The number of rotatable bonds is 6. The van der Waals surface area contributed by atoms with Crippen LogP contribution in [0.2, 0.25) is 5.02 Å². The monoisotopic (exact) mass is 451 g/mol. The third kappa shape index (κ3) is 4.61. The number of carbonyl (C=O) groups excluding carboxylic acids is 1. The minimum Gasteiger partial charge on any atom is -0.378 e. The number of fused-ring (bicyclic) bond motifs is 1. The Hall–Kier alpha value is -2.96. The van der Waals surface area contributed by atoms with Gasteiger partial charge >= 0.3 is 0 Å². The Bertz CT molecular complexity index is 1150. The highest BCUT2D eigenvalue weighted by atomic mass is 35.5. The van der Waals surface area contributed by atoms with E-state index in [1.807, 2.05) is 18.2 Å². The van der Waals surface area contributed by atoms with Crippen LogP contribution in [0.3, 0.4) is 0 Å². The van der Waals surface area contributed by atoms with Crippen LogP contribution in [0.4, 0.5) is 0 Å². The Morgan fingerprint density at radius 3 is 2.62 bits per heavy atom. The molecule has 1 aliphatic rings. The van der Waals surface area contributed by atoms with Gasteiger partial charge in [-0.05, 0) is 36.2 Å². The van der Waals surface area contributed by atoms with E-state index in [0.717, 1.165) is 30.5 Å². The first-order valence-corrected chi connectivity index (χ1v) is 11.3. The zero-order valence-electron chi connectivity index (χ0n) is 17.9. The van der Waals surface area contributed by atoms with E-state index in [4.69, 9.17) is 16.6 Å². The van der Waals surface area contributed by atoms with Crippen LogP contribution in [0, 0.1) is 0 Å². The van der Waals surface area contributed by atoms with Crippen LogP contribution >= 0.6 is 11.6 Å².